The molecule has 0 unspecified atom stereocenters. The Labute approximate surface area is 164 Å². The van der Waals surface area contributed by atoms with Crippen molar-refractivity contribution in [3.8, 4) is 11.3 Å². The van der Waals surface area contributed by atoms with Crippen molar-refractivity contribution in [2.75, 3.05) is 26.2 Å². The van der Waals surface area contributed by atoms with Crippen LogP contribution in [0.15, 0.2) is 57.5 Å². The van der Waals surface area contributed by atoms with Crippen LogP contribution in [0.3, 0.4) is 0 Å². The molecule has 4 rings (SSSR count). The molecule has 6 heteroatoms. The van der Waals surface area contributed by atoms with E-state index in [4.69, 9.17) is 8.94 Å². The fourth-order valence-corrected chi connectivity index (χ4v) is 3.52. The Hall–Kier alpha value is -2.86. The van der Waals surface area contributed by atoms with Crippen LogP contribution in [0.4, 0.5) is 0 Å². The molecule has 1 amide bonds. The first-order chi connectivity index (χ1) is 13.7. The molecule has 6 nitrogen and oxygen atoms in total. The number of amides is 1. The highest BCUT2D eigenvalue weighted by Gasteiger charge is 2.22. The molecule has 28 heavy (non-hydrogen) atoms. The predicted octanol–water partition coefficient (Wildman–Crippen LogP) is 3.52. The fourth-order valence-electron chi connectivity index (χ4n) is 3.52. The maximum atomic E-state index is 12.6. The number of hydrogen-bond donors (Lipinski definition) is 0. The third-order valence-electron chi connectivity index (χ3n) is 5.09. The van der Waals surface area contributed by atoms with Gasteiger partial charge in [0.1, 0.15) is 11.5 Å². The van der Waals surface area contributed by atoms with Crippen LogP contribution < -0.4 is 0 Å². The number of hydrogen-bond acceptors (Lipinski definition) is 5. The number of rotatable bonds is 6. The van der Waals surface area contributed by atoms with Gasteiger partial charge in [0.2, 0.25) is 5.91 Å². The molecule has 1 fully saturated rings. The highest BCUT2D eigenvalue weighted by atomic mass is 16.5. The monoisotopic (exact) mass is 379 g/mol. The van der Waals surface area contributed by atoms with Gasteiger partial charge in [-0.2, -0.15) is 0 Å². The Bertz CT molecular complexity index is 908. The van der Waals surface area contributed by atoms with Gasteiger partial charge in [0.05, 0.1) is 12.2 Å². The summed E-state index contributed by atoms with van der Waals surface area (Å²) in [5, 5.41) is 3.92. The second-order valence-electron chi connectivity index (χ2n) is 7.22. The highest BCUT2D eigenvalue weighted by molar-refractivity contribution is 5.76. The summed E-state index contributed by atoms with van der Waals surface area (Å²) < 4.78 is 11.2. The lowest BCUT2D eigenvalue weighted by Crippen LogP contribution is -2.48. The lowest BCUT2D eigenvalue weighted by atomic mass is 10.2. The van der Waals surface area contributed by atoms with E-state index in [-0.39, 0.29) is 5.91 Å². The number of furan rings is 1. The fraction of sp³-hybridized carbons (Fsp3) is 0.364. The van der Waals surface area contributed by atoms with Crippen LogP contribution in [0.5, 0.6) is 0 Å². The zero-order valence-electron chi connectivity index (χ0n) is 16.1. The van der Waals surface area contributed by atoms with E-state index in [1.165, 1.54) is 0 Å². The molecule has 1 saturated heterocycles. The van der Waals surface area contributed by atoms with Crippen LogP contribution >= 0.6 is 0 Å². The summed E-state index contributed by atoms with van der Waals surface area (Å²) in [7, 11) is 0. The van der Waals surface area contributed by atoms with Crippen LogP contribution in [-0.4, -0.2) is 47.0 Å². The Morgan fingerprint density at radius 1 is 1.04 bits per heavy atom. The third-order valence-corrected chi connectivity index (χ3v) is 5.09. The number of benzene rings is 1. The number of carbonyl (C=O) groups excluding carboxylic acids is 1. The second-order valence-corrected chi connectivity index (χ2v) is 7.22. The summed E-state index contributed by atoms with van der Waals surface area (Å²) in [5.41, 5.74) is 1.95. The number of nitrogens with zero attached hydrogens (tertiary/aromatic N) is 3. The van der Waals surface area contributed by atoms with Crippen molar-refractivity contribution in [1.29, 1.82) is 0 Å². The second kappa shape index (κ2) is 8.44. The molecule has 1 aliphatic heterocycles. The van der Waals surface area contributed by atoms with Crippen LogP contribution in [0.2, 0.25) is 0 Å². The molecule has 0 radical (unpaired) electrons. The van der Waals surface area contributed by atoms with Gasteiger partial charge in [0, 0.05) is 50.7 Å². The van der Waals surface area contributed by atoms with Crippen LogP contribution in [-0.2, 0) is 17.8 Å². The minimum Gasteiger partial charge on any atom is -0.461 e. The van der Waals surface area contributed by atoms with E-state index in [1.807, 2.05) is 60.4 Å². The summed E-state index contributed by atoms with van der Waals surface area (Å²) in [6, 6.07) is 15.9. The number of aromatic nitrogens is 1. The number of piperazine rings is 1. The van der Waals surface area contributed by atoms with Crippen LogP contribution in [0.1, 0.15) is 23.6 Å². The van der Waals surface area contributed by atoms with Gasteiger partial charge in [0.25, 0.3) is 0 Å². The summed E-state index contributed by atoms with van der Waals surface area (Å²) in [6.07, 6.45) is 1.10. The first kappa shape index (κ1) is 18.5. The maximum absolute atomic E-state index is 12.6. The first-order valence-corrected chi connectivity index (χ1v) is 9.74. The van der Waals surface area contributed by atoms with Gasteiger partial charge in [0.15, 0.2) is 5.76 Å². The van der Waals surface area contributed by atoms with E-state index in [2.05, 4.69) is 10.1 Å². The lowest BCUT2D eigenvalue weighted by Gasteiger charge is -2.34. The van der Waals surface area contributed by atoms with Crippen molar-refractivity contribution in [3.05, 3.63) is 65.7 Å². The van der Waals surface area contributed by atoms with E-state index >= 15 is 0 Å². The van der Waals surface area contributed by atoms with E-state index < -0.39 is 0 Å². The topological polar surface area (TPSA) is 62.7 Å². The maximum Gasteiger partial charge on any atom is 0.223 e. The van der Waals surface area contributed by atoms with Crippen molar-refractivity contribution in [1.82, 2.24) is 15.0 Å². The number of carbonyl (C=O) groups is 1. The van der Waals surface area contributed by atoms with Gasteiger partial charge in [-0.05, 0) is 19.1 Å². The number of aryl methyl sites for hydroxylation is 2. The standard InChI is InChI=1S/C22H25N3O3/c1-17-15-20(28-23-17)16-24-11-13-25(14-12-24)22(26)10-8-19-7-9-21(27-19)18-5-3-2-4-6-18/h2-7,9,15H,8,10-14,16H2,1H3. The molecule has 0 N–H and O–H groups in total. The van der Waals surface area contributed by atoms with Gasteiger partial charge in [-0.3, -0.25) is 9.69 Å². The summed E-state index contributed by atoms with van der Waals surface area (Å²) in [4.78, 5) is 16.8. The largest absolute Gasteiger partial charge is 0.461 e. The summed E-state index contributed by atoms with van der Waals surface area (Å²) in [6.45, 7) is 5.87. The normalized spacial score (nSPS) is 15.1. The predicted molar refractivity (Wildman–Crippen MR) is 106 cm³/mol. The van der Waals surface area contributed by atoms with Crippen molar-refractivity contribution in [3.63, 3.8) is 0 Å². The molecule has 1 aliphatic rings. The Morgan fingerprint density at radius 3 is 2.54 bits per heavy atom. The average Bonchev–Trinajstić information content (AvgIpc) is 3.36. The molecular formula is C22H25N3O3. The van der Waals surface area contributed by atoms with Gasteiger partial charge in [-0.1, -0.05) is 35.5 Å². The molecule has 3 aromatic rings. The molecule has 0 atom stereocenters. The van der Waals surface area contributed by atoms with Crippen molar-refractivity contribution in [2.45, 2.75) is 26.3 Å². The molecule has 146 valence electrons. The van der Waals surface area contributed by atoms with Gasteiger partial charge >= 0.3 is 0 Å². The Balaban J connectivity index is 1.23. The third kappa shape index (κ3) is 4.51. The molecule has 0 saturated carbocycles. The van der Waals surface area contributed by atoms with Gasteiger partial charge < -0.3 is 13.8 Å². The lowest BCUT2D eigenvalue weighted by molar-refractivity contribution is -0.133. The molecule has 1 aromatic carbocycles. The van der Waals surface area contributed by atoms with E-state index in [0.29, 0.717) is 12.8 Å². The smallest absolute Gasteiger partial charge is 0.223 e. The van der Waals surface area contributed by atoms with Crippen LogP contribution in [0.25, 0.3) is 11.3 Å². The van der Waals surface area contributed by atoms with Crippen molar-refractivity contribution >= 4 is 5.91 Å². The van der Waals surface area contributed by atoms with Crippen LogP contribution in [0, 0.1) is 6.92 Å². The quantitative estimate of drug-likeness (QED) is 0.656. The minimum atomic E-state index is 0.188. The minimum absolute atomic E-state index is 0.188. The first-order valence-electron chi connectivity index (χ1n) is 9.74. The Kier molecular flexibility index (Phi) is 5.58. The average molecular weight is 379 g/mol. The van der Waals surface area contributed by atoms with Gasteiger partial charge in [-0.15, -0.1) is 0 Å². The Morgan fingerprint density at radius 2 is 1.82 bits per heavy atom. The van der Waals surface area contributed by atoms with E-state index in [0.717, 1.165) is 61.3 Å². The molecule has 2 aromatic heterocycles. The molecular weight excluding hydrogens is 354 g/mol. The van der Waals surface area contributed by atoms with E-state index in [1.54, 1.807) is 0 Å². The summed E-state index contributed by atoms with van der Waals surface area (Å²) >= 11 is 0. The highest BCUT2D eigenvalue weighted by Crippen LogP contribution is 2.22. The molecule has 0 spiro atoms. The van der Waals surface area contributed by atoms with Gasteiger partial charge in [-0.25, -0.2) is 0 Å². The molecule has 3 heterocycles. The summed E-state index contributed by atoms with van der Waals surface area (Å²) in [5.74, 6) is 2.77. The molecule has 0 aliphatic carbocycles. The SMILES string of the molecule is Cc1cc(CN2CCN(C(=O)CCc3ccc(-c4ccccc4)o3)CC2)on1. The zero-order valence-corrected chi connectivity index (χ0v) is 16.1. The molecule has 0 bridgehead atoms. The van der Waals surface area contributed by atoms with Crippen molar-refractivity contribution in [2.24, 2.45) is 0 Å². The van der Waals surface area contributed by atoms with Crippen molar-refractivity contribution < 1.29 is 13.7 Å². The van der Waals surface area contributed by atoms with E-state index in [9.17, 15) is 4.79 Å². The zero-order chi connectivity index (χ0) is 19.3.